The van der Waals surface area contributed by atoms with Gasteiger partial charge in [-0.3, -0.25) is 9.69 Å². The zero-order valence-electron chi connectivity index (χ0n) is 6.71. The van der Waals surface area contributed by atoms with E-state index in [0.717, 1.165) is 6.42 Å². The Morgan fingerprint density at radius 1 is 1.82 bits per heavy atom. The molecule has 11 heavy (non-hydrogen) atoms. The lowest BCUT2D eigenvalue weighted by molar-refractivity contribution is -0.123. The topological polar surface area (TPSA) is 44.1 Å². The van der Waals surface area contributed by atoms with Crippen LogP contribution >= 0.6 is 0 Å². The van der Waals surface area contributed by atoms with Gasteiger partial charge in [-0.05, 0) is 13.3 Å². The van der Waals surface area contributed by atoms with Crippen molar-refractivity contribution in [3.63, 3.8) is 0 Å². The lowest BCUT2D eigenvalue weighted by Crippen LogP contribution is -2.42. The molecule has 0 radical (unpaired) electrons. The van der Waals surface area contributed by atoms with Gasteiger partial charge in [0.1, 0.15) is 5.78 Å². The second-order valence-electron chi connectivity index (χ2n) is 2.99. The first-order valence-corrected chi connectivity index (χ1v) is 3.86. The normalized spacial score (nSPS) is 26.5. The molecule has 0 aromatic carbocycles. The van der Waals surface area contributed by atoms with E-state index in [-0.39, 0.29) is 5.78 Å². The molecule has 0 N–H and O–H groups in total. The van der Waals surface area contributed by atoms with Crippen LogP contribution in [-0.2, 0) is 4.79 Å². The van der Waals surface area contributed by atoms with Gasteiger partial charge in [-0.25, -0.2) is 0 Å². The van der Waals surface area contributed by atoms with E-state index in [0.29, 0.717) is 25.6 Å². The van der Waals surface area contributed by atoms with Crippen molar-refractivity contribution in [1.29, 1.82) is 5.26 Å². The van der Waals surface area contributed by atoms with Crippen molar-refractivity contribution in [2.75, 3.05) is 13.1 Å². The molecule has 3 heteroatoms. The van der Waals surface area contributed by atoms with Crippen LogP contribution in [0.2, 0.25) is 0 Å². The molecular formula is C8H12N2O. The number of nitrogens with zero attached hydrogens (tertiary/aromatic N) is 2. The van der Waals surface area contributed by atoms with Crippen LogP contribution in [0, 0.1) is 11.3 Å². The Kier molecular flexibility index (Phi) is 2.61. The molecule has 1 saturated heterocycles. The van der Waals surface area contributed by atoms with Crippen molar-refractivity contribution in [3.8, 4) is 6.07 Å². The van der Waals surface area contributed by atoms with E-state index in [9.17, 15) is 4.79 Å². The fraction of sp³-hybridized carbons (Fsp3) is 0.750. The third-order valence-corrected chi connectivity index (χ3v) is 2.12. The van der Waals surface area contributed by atoms with Crippen molar-refractivity contribution in [3.05, 3.63) is 0 Å². The largest absolute Gasteiger partial charge is 0.298 e. The Hall–Kier alpha value is -0.880. The summed E-state index contributed by atoms with van der Waals surface area (Å²) >= 11 is 0. The zero-order valence-corrected chi connectivity index (χ0v) is 6.71. The number of hydrogen-bond donors (Lipinski definition) is 0. The smallest absolute Gasteiger partial charge is 0.146 e. The number of carbonyl (C=O) groups is 1. The summed E-state index contributed by atoms with van der Waals surface area (Å²) in [7, 11) is 0. The molecule has 1 rings (SSSR count). The average Bonchev–Trinajstić information content (AvgIpc) is 1.98. The molecule has 1 fully saturated rings. The number of carbonyl (C=O) groups excluding carboxylic acids is 1. The van der Waals surface area contributed by atoms with E-state index in [4.69, 9.17) is 5.26 Å². The van der Waals surface area contributed by atoms with Crippen LogP contribution in [0.5, 0.6) is 0 Å². The zero-order chi connectivity index (χ0) is 8.27. The first kappa shape index (κ1) is 8.22. The van der Waals surface area contributed by atoms with Crippen molar-refractivity contribution in [1.82, 2.24) is 4.90 Å². The summed E-state index contributed by atoms with van der Waals surface area (Å²) in [6.45, 7) is 2.91. The number of ketones is 1. The molecule has 0 aliphatic carbocycles. The third kappa shape index (κ3) is 2.02. The van der Waals surface area contributed by atoms with Gasteiger partial charge in [0.25, 0.3) is 0 Å². The first-order valence-electron chi connectivity index (χ1n) is 3.86. The number of Topliss-reactive ketones (excluding diaryl/α,β-unsaturated/α-hetero) is 1. The summed E-state index contributed by atoms with van der Waals surface area (Å²) in [4.78, 5) is 12.9. The lowest BCUT2D eigenvalue weighted by atomic mass is 10.0. The van der Waals surface area contributed by atoms with Crippen LogP contribution in [0.25, 0.3) is 0 Å². The quantitative estimate of drug-likeness (QED) is 0.516. The molecule has 0 amide bonds. The van der Waals surface area contributed by atoms with E-state index in [1.54, 1.807) is 0 Å². The molecule has 3 nitrogen and oxygen atoms in total. The summed E-state index contributed by atoms with van der Waals surface area (Å²) in [6.07, 6.45) is 1.59. The van der Waals surface area contributed by atoms with Crippen LogP contribution in [0.1, 0.15) is 19.8 Å². The molecule has 1 aliphatic rings. The van der Waals surface area contributed by atoms with Crippen LogP contribution in [0.3, 0.4) is 0 Å². The summed E-state index contributed by atoms with van der Waals surface area (Å²) in [5.41, 5.74) is 0. The molecule has 1 atom stereocenters. The lowest BCUT2D eigenvalue weighted by Gasteiger charge is -2.29. The maximum Gasteiger partial charge on any atom is 0.146 e. The molecule has 0 spiro atoms. The van der Waals surface area contributed by atoms with E-state index >= 15 is 0 Å². The fourth-order valence-electron chi connectivity index (χ4n) is 1.32. The predicted molar refractivity (Wildman–Crippen MR) is 40.9 cm³/mol. The van der Waals surface area contributed by atoms with E-state index in [1.165, 1.54) is 0 Å². The second-order valence-corrected chi connectivity index (χ2v) is 2.99. The molecule has 0 aromatic rings. The van der Waals surface area contributed by atoms with Gasteiger partial charge in [0.2, 0.25) is 0 Å². The minimum atomic E-state index is 0.262. The van der Waals surface area contributed by atoms with Gasteiger partial charge >= 0.3 is 0 Å². The highest BCUT2D eigenvalue weighted by molar-refractivity contribution is 5.81. The van der Waals surface area contributed by atoms with Crippen LogP contribution in [-0.4, -0.2) is 29.8 Å². The Bertz CT molecular complexity index is 195. The molecule has 60 valence electrons. The monoisotopic (exact) mass is 152 g/mol. The van der Waals surface area contributed by atoms with Gasteiger partial charge in [-0.2, -0.15) is 5.26 Å². The van der Waals surface area contributed by atoms with Crippen molar-refractivity contribution in [2.24, 2.45) is 0 Å². The predicted octanol–water partition coefficient (Wildman–Crippen LogP) is 0.563. The van der Waals surface area contributed by atoms with E-state index in [2.05, 4.69) is 13.0 Å². The highest BCUT2D eigenvalue weighted by Gasteiger charge is 2.22. The number of piperidine rings is 1. The molecule has 0 aromatic heterocycles. The van der Waals surface area contributed by atoms with Crippen molar-refractivity contribution < 1.29 is 4.79 Å². The van der Waals surface area contributed by atoms with E-state index in [1.807, 2.05) is 4.90 Å². The Morgan fingerprint density at radius 2 is 2.55 bits per heavy atom. The van der Waals surface area contributed by atoms with E-state index < -0.39 is 0 Å². The van der Waals surface area contributed by atoms with Crippen LogP contribution < -0.4 is 0 Å². The first-order chi connectivity index (χ1) is 5.24. The van der Waals surface area contributed by atoms with Gasteiger partial charge in [0.15, 0.2) is 0 Å². The average molecular weight is 152 g/mol. The molecule has 0 bridgehead atoms. The summed E-state index contributed by atoms with van der Waals surface area (Å²) in [6, 6.07) is 2.46. The van der Waals surface area contributed by atoms with Crippen LogP contribution in [0.4, 0.5) is 0 Å². The van der Waals surface area contributed by atoms with Crippen LogP contribution in [0.15, 0.2) is 0 Å². The number of rotatable bonds is 1. The number of nitriles is 1. The highest BCUT2D eigenvalue weighted by Crippen LogP contribution is 2.12. The fourth-order valence-corrected chi connectivity index (χ4v) is 1.32. The maximum atomic E-state index is 10.9. The van der Waals surface area contributed by atoms with Gasteiger partial charge in [0, 0.05) is 12.5 Å². The molecular weight excluding hydrogens is 140 g/mol. The molecule has 0 saturated carbocycles. The van der Waals surface area contributed by atoms with Crippen molar-refractivity contribution in [2.45, 2.75) is 25.8 Å². The number of likely N-dealkylation sites (tertiary alicyclic amines) is 1. The van der Waals surface area contributed by atoms with Gasteiger partial charge in [0.05, 0.1) is 19.2 Å². The third-order valence-electron chi connectivity index (χ3n) is 2.12. The Morgan fingerprint density at radius 3 is 3.18 bits per heavy atom. The molecule has 1 heterocycles. The van der Waals surface area contributed by atoms with Gasteiger partial charge < -0.3 is 0 Å². The maximum absolute atomic E-state index is 10.9. The highest BCUT2D eigenvalue weighted by atomic mass is 16.1. The Labute approximate surface area is 66.6 Å². The van der Waals surface area contributed by atoms with Gasteiger partial charge in [-0.1, -0.05) is 0 Å². The summed E-state index contributed by atoms with van der Waals surface area (Å²) < 4.78 is 0. The standard InChI is InChI=1S/C8H12N2O/c1-7-2-3-8(11)6-10(7)5-4-9/h7H,2-3,5-6H2,1H3. The minimum Gasteiger partial charge on any atom is -0.298 e. The van der Waals surface area contributed by atoms with Gasteiger partial charge in [-0.15, -0.1) is 0 Å². The summed E-state index contributed by atoms with van der Waals surface area (Å²) in [5, 5.41) is 8.42. The Balaban J connectivity index is 2.48. The minimum absolute atomic E-state index is 0.262. The second kappa shape index (κ2) is 3.49. The van der Waals surface area contributed by atoms with Crippen molar-refractivity contribution >= 4 is 5.78 Å². The number of hydrogen-bond acceptors (Lipinski definition) is 3. The SMILES string of the molecule is CC1CCC(=O)CN1CC#N. The molecule has 1 unspecified atom stereocenters. The molecule has 1 aliphatic heterocycles. The summed E-state index contributed by atoms with van der Waals surface area (Å²) in [5.74, 6) is 0.262.